The number of aromatic nitrogens is 2. The third-order valence-electron chi connectivity index (χ3n) is 1.95. The summed E-state index contributed by atoms with van der Waals surface area (Å²) in [4.78, 5) is 8.22. The summed E-state index contributed by atoms with van der Waals surface area (Å²) in [5, 5.41) is 0.591. The van der Waals surface area contributed by atoms with Gasteiger partial charge in [0, 0.05) is 5.92 Å². The predicted octanol–water partition coefficient (Wildman–Crippen LogP) is 2.67. The van der Waals surface area contributed by atoms with Crippen molar-refractivity contribution in [2.24, 2.45) is 0 Å². The summed E-state index contributed by atoms with van der Waals surface area (Å²) < 4.78 is 4.94. The Balaban J connectivity index is 2.42. The lowest BCUT2D eigenvalue weighted by atomic mass is 10.4. The van der Waals surface area contributed by atoms with E-state index in [1.165, 1.54) is 7.11 Å². The minimum atomic E-state index is 0.296. The van der Waals surface area contributed by atoms with Crippen molar-refractivity contribution >= 4 is 23.2 Å². The van der Waals surface area contributed by atoms with Gasteiger partial charge in [-0.15, -0.1) is 0 Å². The van der Waals surface area contributed by atoms with Crippen LogP contribution >= 0.6 is 23.2 Å². The molecule has 5 heteroatoms. The van der Waals surface area contributed by atoms with Crippen LogP contribution in [0.2, 0.25) is 10.3 Å². The predicted molar refractivity (Wildman–Crippen MR) is 50.6 cm³/mol. The van der Waals surface area contributed by atoms with Crippen molar-refractivity contribution in [2.75, 3.05) is 7.11 Å². The van der Waals surface area contributed by atoms with Gasteiger partial charge in [0.2, 0.25) is 0 Å². The summed E-state index contributed by atoms with van der Waals surface area (Å²) in [5.74, 6) is 1.53. The lowest BCUT2D eigenvalue weighted by molar-refractivity contribution is 0.410. The number of hydrogen-bond acceptors (Lipinski definition) is 3. The summed E-state index contributed by atoms with van der Waals surface area (Å²) in [6.45, 7) is 0. The molecule has 13 heavy (non-hydrogen) atoms. The Kier molecular flexibility index (Phi) is 2.30. The van der Waals surface area contributed by atoms with Gasteiger partial charge in [-0.1, -0.05) is 23.2 Å². The highest BCUT2D eigenvalue weighted by atomic mass is 35.5. The van der Waals surface area contributed by atoms with Gasteiger partial charge in [0.05, 0.1) is 7.11 Å². The summed E-state index contributed by atoms with van der Waals surface area (Å²) >= 11 is 11.7. The van der Waals surface area contributed by atoms with Crippen molar-refractivity contribution in [1.29, 1.82) is 0 Å². The molecule has 0 N–H and O–H groups in total. The van der Waals surface area contributed by atoms with Gasteiger partial charge in [-0.05, 0) is 12.8 Å². The van der Waals surface area contributed by atoms with Gasteiger partial charge >= 0.3 is 0 Å². The summed E-state index contributed by atoms with van der Waals surface area (Å²) in [6.07, 6.45) is 2.25. The van der Waals surface area contributed by atoms with Gasteiger partial charge < -0.3 is 4.74 Å². The van der Waals surface area contributed by atoms with Gasteiger partial charge in [0.15, 0.2) is 16.1 Å². The Labute approximate surface area is 86.0 Å². The van der Waals surface area contributed by atoms with E-state index in [1.807, 2.05) is 0 Å². The van der Waals surface area contributed by atoms with Crippen LogP contribution in [0.3, 0.4) is 0 Å². The van der Waals surface area contributed by atoms with Gasteiger partial charge in [-0.2, -0.15) is 0 Å². The Morgan fingerprint density at radius 1 is 1.23 bits per heavy atom. The number of halogens is 2. The van der Waals surface area contributed by atoms with Gasteiger partial charge in [-0.3, -0.25) is 0 Å². The van der Waals surface area contributed by atoms with Crippen molar-refractivity contribution in [2.45, 2.75) is 18.8 Å². The lowest BCUT2D eigenvalue weighted by Gasteiger charge is -2.05. The van der Waals surface area contributed by atoms with Crippen LogP contribution in [-0.4, -0.2) is 17.1 Å². The topological polar surface area (TPSA) is 35.0 Å². The van der Waals surface area contributed by atoms with Crippen molar-refractivity contribution < 1.29 is 4.74 Å². The Morgan fingerprint density at radius 2 is 1.77 bits per heavy atom. The monoisotopic (exact) mass is 218 g/mol. The standard InChI is InChI=1S/C8H8Cl2N2O/c1-13-5-6(9)11-8(4-2-3-4)12-7(5)10/h4H,2-3H2,1H3. The quantitative estimate of drug-likeness (QED) is 0.717. The fourth-order valence-electron chi connectivity index (χ4n) is 1.11. The van der Waals surface area contributed by atoms with Crippen molar-refractivity contribution in [3.63, 3.8) is 0 Å². The molecule has 1 aliphatic rings. The number of nitrogens with zero attached hydrogens (tertiary/aromatic N) is 2. The maximum absolute atomic E-state index is 5.85. The summed E-state index contributed by atoms with van der Waals surface area (Å²) in [6, 6.07) is 0. The first-order chi connectivity index (χ1) is 6.22. The second-order valence-corrected chi connectivity index (χ2v) is 3.69. The molecule has 0 spiro atoms. The van der Waals surface area contributed by atoms with E-state index in [4.69, 9.17) is 27.9 Å². The number of hydrogen-bond donors (Lipinski definition) is 0. The molecule has 0 aromatic carbocycles. The first-order valence-electron chi connectivity index (χ1n) is 3.99. The summed E-state index contributed by atoms with van der Waals surface area (Å²) in [5.41, 5.74) is 0. The van der Waals surface area contributed by atoms with E-state index in [9.17, 15) is 0 Å². The molecule has 1 aromatic heterocycles. The molecule has 1 aliphatic carbocycles. The molecule has 2 rings (SSSR count). The van der Waals surface area contributed by atoms with Crippen molar-refractivity contribution in [1.82, 2.24) is 9.97 Å². The third-order valence-corrected chi connectivity index (χ3v) is 2.46. The highest BCUT2D eigenvalue weighted by Crippen LogP contribution is 2.40. The van der Waals surface area contributed by atoms with Crippen LogP contribution < -0.4 is 4.74 Å². The second-order valence-electron chi connectivity index (χ2n) is 2.97. The zero-order chi connectivity index (χ0) is 9.42. The molecular formula is C8H8Cl2N2O. The Hall–Kier alpha value is -0.540. The molecule has 70 valence electrons. The normalized spacial score (nSPS) is 15.9. The molecule has 1 heterocycles. The molecule has 0 aliphatic heterocycles. The van der Waals surface area contributed by atoms with Crippen molar-refractivity contribution in [3.05, 3.63) is 16.1 Å². The molecule has 0 saturated heterocycles. The first-order valence-corrected chi connectivity index (χ1v) is 4.75. The maximum atomic E-state index is 5.85. The van der Waals surface area contributed by atoms with E-state index in [2.05, 4.69) is 9.97 Å². The Morgan fingerprint density at radius 3 is 2.15 bits per heavy atom. The fraction of sp³-hybridized carbons (Fsp3) is 0.500. The molecule has 0 atom stereocenters. The lowest BCUT2D eigenvalue weighted by Crippen LogP contribution is -1.97. The minimum Gasteiger partial charge on any atom is -0.491 e. The number of methoxy groups -OCH3 is 1. The van der Waals surface area contributed by atoms with Gasteiger partial charge in [-0.25, -0.2) is 9.97 Å². The van der Waals surface area contributed by atoms with E-state index in [0.717, 1.165) is 18.7 Å². The molecule has 0 amide bonds. The second kappa shape index (κ2) is 3.31. The molecule has 0 radical (unpaired) electrons. The fourth-order valence-corrected chi connectivity index (χ4v) is 1.66. The number of ether oxygens (including phenoxy) is 1. The van der Waals surface area contributed by atoms with Crippen molar-refractivity contribution in [3.8, 4) is 5.75 Å². The molecule has 0 bridgehead atoms. The van der Waals surface area contributed by atoms with Crippen LogP contribution in [0.15, 0.2) is 0 Å². The van der Waals surface area contributed by atoms with E-state index < -0.39 is 0 Å². The van der Waals surface area contributed by atoms with E-state index in [1.54, 1.807) is 0 Å². The average molecular weight is 219 g/mol. The average Bonchev–Trinajstić information content (AvgIpc) is 2.85. The minimum absolute atomic E-state index is 0.296. The van der Waals surface area contributed by atoms with Gasteiger partial charge in [0.25, 0.3) is 0 Å². The maximum Gasteiger partial charge on any atom is 0.193 e. The van der Waals surface area contributed by atoms with Crippen LogP contribution in [0.4, 0.5) is 0 Å². The molecule has 1 saturated carbocycles. The van der Waals surface area contributed by atoms with Crippen LogP contribution in [0.5, 0.6) is 5.75 Å². The smallest absolute Gasteiger partial charge is 0.193 e. The molecular weight excluding hydrogens is 211 g/mol. The molecule has 0 unspecified atom stereocenters. The van der Waals surface area contributed by atoms with Crippen LogP contribution in [0.1, 0.15) is 24.6 Å². The largest absolute Gasteiger partial charge is 0.491 e. The van der Waals surface area contributed by atoms with E-state index >= 15 is 0 Å². The van der Waals surface area contributed by atoms with Crippen LogP contribution in [-0.2, 0) is 0 Å². The van der Waals surface area contributed by atoms with E-state index in [0.29, 0.717) is 22.0 Å². The van der Waals surface area contributed by atoms with E-state index in [-0.39, 0.29) is 0 Å². The van der Waals surface area contributed by atoms with Gasteiger partial charge in [0.1, 0.15) is 5.82 Å². The molecule has 3 nitrogen and oxygen atoms in total. The van der Waals surface area contributed by atoms with Crippen LogP contribution in [0, 0.1) is 0 Å². The molecule has 1 aromatic rings. The zero-order valence-corrected chi connectivity index (χ0v) is 8.56. The summed E-state index contributed by atoms with van der Waals surface area (Å²) in [7, 11) is 1.49. The Bertz CT molecular complexity index is 316. The number of rotatable bonds is 2. The molecule has 1 fully saturated rings. The highest BCUT2D eigenvalue weighted by molar-refractivity contribution is 6.35. The highest BCUT2D eigenvalue weighted by Gasteiger charge is 2.28. The first kappa shape index (κ1) is 9.03. The van der Waals surface area contributed by atoms with Crippen LogP contribution in [0.25, 0.3) is 0 Å². The SMILES string of the molecule is COc1c(Cl)nc(C2CC2)nc1Cl. The third kappa shape index (κ3) is 1.71. The zero-order valence-electron chi connectivity index (χ0n) is 7.05.